The SMILES string of the molecule is C[SiH]C.[Cl-].[Cl-].[Zr+4].c1cc[cH-]c1.c1ccc(-[c-]2cccc2)cc1. The standard InChI is InChI=1S/C11H9.C5H5.C2H7Si.2ClH.Zr/c1-2-6-10(7-3-1)11-8-4-5-9-11;1-2-4-5-3-1;1-3-2;;;/h1-9H;1-5H;3H,1-2H3;2*1H;/q2*-1;;;;+4/p-2. The van der Waals surface area contributed by atoms with Crippen molar-refractivity contribution >= 4 is 9.52 Å². The first kappa shape index (κ1) is 26.5. The van der Waals surface area contributed by atoms with Crippen molar-refractivity contribution in [2.45, 2.75) is 13.1 Å². The van der Waals surface area contributed by atoms with Crippen molar-refractivity contribution in [1.82, 2.24) is 0 Å². The summed E-state index contributed by atoms with van der Waals surface area (Å²) >= 11 is 0. The van der Waals surface area contributed by atoms with Gasteiger partial charge < -0.3 is 24.8 Å². The molecule has 115 valence electrons. The predicted octanol–water partition coefficient (Wildman–Crippen LogP) is -0.997. The van der Waals surface area contributed by atoms with Crippen LogP contribution in [0.5, 0.6) is 0 Å². The van der Waals surface area contributed by atoms with Crippen molar-refractivity contribution in [3.8, 4) is 11.1 Å². The van der Waals surface area contributed by atoms with Gasteiger partial charge in [-0.2, -0.15) is 30.3 Å². The fourth-order valence-corrected chi connectivity index (χ4v) is 1.52. The first-order valence-corrected chi connectivity index (χ1v) is 8.87. The van der Waals surface area contributed by atoms with Gasteiger partial charge in [-0.15, -0.1) is 29.8 Å². The van der Waals surface area contributed by atoms with Crippen LogP contribution in [0.15, 0.2) is 84.9 Å². The average Bonchev–Trinajstić information content (AvgIpc) is 3.17. The van der Waals surface area contributed by atoms with E-state index in [4.69, 9.17) is 0 Å². The molecule has 0 heterocycles. The molecule has 0 aromatic heterocycles. The zero-order chi connectivity index (χ0) is 13.8. The maximum Gasteiger partial charge on any atom is 4.00 e. The summed E-state index contributed by atoms with van der Waals surface area (Å²) in [5, 5.41) is 0. The third-order valence-electron chi connectivity index (χ3n) is 2.33. The molecule has 4 heteroatoms. The van der Waals surface area contributed by atoms with Crippen molar-refractivity contribution in [2.75, 3.05) is 0 Å². The van der Waals surface area contributed by atoms with Crippen LogP contribution in [0.4, 0.5) is 0 Å². The molecule has 0 amide bonds. The summed E-state index contributed by atoms with van der Waals surface area (Å²) in [7, 11) is 0.750. The third-order valence-corrected chi connectivity index (χ3v) is 2.33. The molecule has 0 atom stereocenters. The third kappa shape index (κ3) is 12.2. The molecule has 0 aliphatic rings. The fourth-order valence-electron chi connectivity index (χ4n) is 1.52. The summed E-state index contributed by atoms with van der Waals surface area (Å²) in [4.78, 5) is 0. The summed E-state index contributed by atoms with van der Waals surface area (Å²) in [5.41, 5.74) is 2.59. The van der Waals surface area contributed by atoms with Crippen molar-refractivity contribution in [3.05, 3.63) is 84.9 Å². The van der Waals surface area contributed by atoms with Crippen molar-refractivity contribution in [3.63, 3.8) is 0 Å². The Morgan fingerprint density at radius 1 is 0.773 bits per heavy atom. The number of hydrogen-bond donors (Lipinski definition) is 0. The largest absolute Gasteiger partial charge is 4.00 e. The molecule has 0 fully saturated rings. The van der Waals surface area contributed by atoms with Crippen LogP contribution in [-0.4, -0.2) is 9.52 Å². The van der Waals surface area contributed by atoms with E-state index >= 15 is 0 Å². The van der Waals surface area contributed by atoms with Gasteiger partial charge in [0.15, 0.2) is 0 Å². The smallest absolute Gasteiger partial charge is 1.00 e. The van der Waals surface area contributed by atoms with E-state index in [9.17, 15) is 0 Å². The molecular weight excluding hydrogens is 406 g/mol. The van der Waals surface area contributed by atoms with Gasteiger partial charge in [-0.3, -0.25) is 0 Å². The minimum atomic E-state index is 0. The van der Waals surface area contributed by atoms with Gasteiger partial charge in [0.2, 0.25) is 0 Å². The molecule has 0 nitrogen and oxygen atoms in total. The number of hydrogen-bond acceptors (Lipinski definition) is 0. The van der Waals surface area contributed by atoms with E-state index < -0.39 is 0 Å². The molecule has 0 N–H and O–H groups in total. The fraction of sp³-hybridized carbons (Fsp3) is 0.111. The van der Waals surface area contributed by atoms with Crippen LogP contribution in [0.2, 0.25) is 13.1 Å². The van der Waals surface area contributed by atoms with Gasteiger partial charge >= 0.3 is 26.2 Å². The Labute approximate surface area is 168 Å². The zero-order valence-electron chi connectivity index (χ0n) is 12.9. The first-order valence-electron chi connectivity index (χ1n) is 6.56. The number of halogens is 2. The van der Waals surface area contributed by atoms with Crippen molar-refractivity contribution in [2.24, 2.45) is 0 Å². The van der Waals surface area contributed by atoms with E-state index in [-0.39, 0.29) is 51.0 Å². The summed E-state index contributed by atoms with van der Waals surface area (Å²) in [6, 6.07) is 28.7. The molecule has 0 unspecified atom stereocenters. The van der Waals surface area contributed by atoms with Crippen molar-refractivity contribution < 1.29 is 51.0 Å². The van der Waals surface area contributed by atoms with E-state index in [1.165, 1.54) is 11.1 Å². The maximum atomic E-state index is 2.21. The second kappa shape index (κ2) is 18.6. The molecule has 22 heavy (non-hydrogen) atoms. The number of rotatable bonds is 1. The molecule has 0 aliphatic carbocycles. The van der Waals surface area contributed by atoms with Crippen LogP contribution in [0, 0.1) is 0 Å². The normalized spacial score (nSPS) is 7.55. The molecule has 0 bridgehead atoms. The van der Waals surface area contributed by atoms with Gasteiger partial charge in [-0.25, -0.2) is 12.1 Å². The van der Waals surface area contributed by atoms with Crippen molar-refractivity contribution in [1.29, 1.82) is 0 Å². The van der Waals surface area contributed by atoms with E-state index in [0.717, 1.165) is 9.52 Å². The minimum absolute atomic E-state index is 0. The Morgan fingerprint density at radius 2 is 1.23 bits per heavy atom. The maximum absolute atomic E-state index is 2.21. The quantitative estimate of drug-likeness (QED) is 0.345. The Hall–Kier alpha value is -0.400. The molecule has 3 rings (SSSR count). The summed E-state index contributed by atoms with van der Waals surface area (Å²) in [6.45, 7) is 4.42. The Bertz CT molecular complexity index is 476. The Balaban J connectivity index is -0.000000283. The van der Waals surface area contributed by atoms with E-state index in [2.05, 4.69) is 61.6 Å². The van der Waals surface area contributed by atoms with Crippen LogP contribution in [0.3, 0.4) is 0 Å². The van der Waals surface area contributed by atoms with Crippen LogP contribution in [0.25, 0.3) is 11.1 Å². The Morgan fingerprint density at radius 3 is 1.59 bits per heavy atom. The molecule has 0 saturated heterocycles. The topological polar surface area (TPSA) is 0 Å². The van der Waals surface area contributed by atoms with Gasteiger partial charge in [0.05, 0.1) is 0 Å². The van der Waals surface area contributed by atoms with E-state index in [1.54, 1.807) is 0 Å². The van der Waals surface area contributed by atoms with Gasteiger partial charge in [-0.05, 0) is 0 Å². The summed E-state index contributed by atoms with van der Waals surface area (Å²) < 4.78 is 0. The molecule has 1 radical (unpaired) electrons. The van der Waals surface area contributed by atoms with Crippen LogP contribution in [0.1, 0.15) is 0 Å². The average molecular weight is 428 g/mol. The second-order valence-electron chi connectivity index (χ2n) is 4.08. The monoisotopic (exact) mass is 425 g/mol. The van der Waals surface area contributed by atoms with Gasteiger partial charge in [0.1, 0.15) is 0 Å². The van der Waals surface area contributed by atoms with Gasteiger partial charge in [0, 0.05) is 9.52 Å². The van der Waals surface area contributed by atoms with Crippen LogP contribution < -0.4 is 24.8 Å². The zero-order valence-corrected chi connectivity index (χ0v) is 18.0. The Kier molecular flexibility index (Phi) is 22.5. The first-order chi connectivity index (χ1) is 9.38. The summed E-state index contributed by atoms with van der Waals surface area (Å²) in [5.74, 6) is 0. The van der Waals surface area contributed by atoms with Crippen LogP contribution in [-0.2, 0) is 26.2 Å². The molecule has 0 saturated carbocycles. The van der Waals surface area contributed by atoms with E-state index in [0.29, 0.717) is 0 Å². The predicted molar refractivity (Wildman–Crippen MR) is 88.4 cm³/mol. The molecular formula is C18H21Cl2SiZr. The van der Waals surface area contributed by atoms with Gasteiger partial charge in [-0.1, -0.05) is 36.9 Å². The van der Waals surface area contributed by atoms with E-state index in [1.807, 2.05) is 36.4 Å². The minimum Gasteiger partial charge on any atom is -1.00 e. The molecule has 0 aliphatic heterocycles. The molecule has 3 aromatic rings. The number of benzene rings is 1. The van der Waals surface area contributed by atoms with Crippen LogP contribution >= 0.6 is 0 Å². The second-order valence-corrected chi connectivity index (χ2v) is 5.23. The molecule has 0 spiro atoms. The molecule has 3 aromatic carbocycles. The summed E-state index contributed by atoms with van der Waals surface area (Å²) in [6.07, 6.45) is 0. The van der Waals surface area contributed by atoms with Gasteiger partial charge in [0.25, 0.3) is 0 Å².